The minimum atomic E-state index is -4.35. The maximum atomic E-state index is 12.3. The molecule has 0 aliphatic carbocycles. The lowest BCUT2D eigenvalue weighted by Crippen LogP contribution is -2.04. The molecule has 0 atom stereocenters. The number of hydrogen-bond acceptors (Lipinski definition) is 3. The molecule has 0 fully saturated rings. The molecule has 0 spiro atoms. The Labute approximate surface area is 85.4 Å². The summed E-state index contributed by atoms with van der Waals surface area (Å²) in [5.74, 6) is 0. The minimum absolute atomic E-state index is 0.396. The zero-order valence-electron chi connectivity index (χ0n) is 6.55. The second-order valence-electron chi connectivity index (χ2n) is 2.58. The van der Waals surface area contributed by atoms with Crippen molar-refractivity contribution in [3.8, 4) is 0 Å². The fraction of sp³-hybridized carbons (Fsp3) is 0.143. The highest BCUT2D eigenvalue weighted by Crippen LogP contribution is 2.31. The van der Waals surface area contributed by atoms with Gasteiger partial charge >= 0.3 is 6.18 Å². The number of H-pyrrole nitrogens is 1. The first-order valence-corrected chi connectivity index (χ1v) is 4.75. The second kappa shape index (κ2) is 3.03. The van der Waals surface area contributed by atoms with Crippen molar-refractivity contribution < 1.29 is 13.2 Å². The van der Waals surface area contributed by atoms with Crippen LogP contribution in [0.3, 0.4) is 0 Å². The third-order valence-corrected chi connectivity index (χ3v) is 2.77. The van der Waals surface area contributed by atoms with E-state index in [0.29, 0.717) is 14.3 Å². The van der Waals surface area contributed by atoms with Crippen LogP contribution < -0.4 is 0 Å². The molecule has 1 N–H and O–H groups in total. The Balaban J connectivity index is 2.67. The topological polar surface area (TPSA) is 28.7 Å². The lowest BCUT2D eigenvalue weighted by Gasteiger charge is -2.04. The number of nitrogens with one attached hydrogen (secondary N) is 1. The van der Waals surface area contributed by atoms with E-state index in [0.717, 1.165) is 23.6 Å². The number of thiazole rings is 1. The van der Waals surface area contributed by atoms with Crippen LogP contribution in [-0.4, -0.2) is 9.97 Å². The third-order valence-electron chi connectivity index (χ3n) is 1.60. The lowest BCUT2D eigenvalue weighted by atomic mass is 10.3. The molecule has 0 bridgehead atoms. The number of rotatable bonds is 0. The van der Waals surface area contributed by atoms with Crippen molar-refractivity contribution in [2.75, 3.05) is 0 Å². The van der Waals surface area contributed by atoms with Gasteiger partial charge in [0.1, 0.15) is 5.65 Å². The molecule has 0 saturated carbocycles. The minimum Gasteiger partial charge on any atom is -0.322 e. The molecule has 14 heavy (non-hydrogen) atoms. The molecule has 2 rings (SSSR count). The largest absolute Gasteiger partial charge is 0.417 e. The maximum Gasteiger partial charge on any atom is 0.417 e. The van der Waals surface area contributed by atoms with Crippen molar-refractivity contribution in [3.05, 3.63) is 21.8 Å². The van der Waals surface area contributed by atoms with Gasteiger partial charge in [0.2, 0.25) is 0 Å². The predicted molar refractivity (Wildman–Crippen MR) is 49.8 cm³/mol. The summed E-state index contributed by atoms with van der Waals surface area (Å²) >= 11 is 5.87. The summed E-state index contributed by atoms with van der Waals surface area (Å²) in [6, 6.07) is 1.04. The summed E-state index contributed by atoms with van der Waals surface area (Å²) in [6.07, 6.45) is -3.56. The van der Waals surface area contributed by atoms with E-state index in [1.807, 2.05) is 0 Å². The molecule has 7 heteroatoms. The van der Waals surface area contributed by atoms with Gasteiger partial charge in [-0.3, -0.25) is 0 Å². The maximum absolute atomic E-state index is 12.3. The zero-order chi connectivity index (χ0) is 10.3. The first-order chi connectivity index (χ1) is 6.47. The van der Waals surface area contributed by atoms with Crippen LogP contribution in [0.4, 0.5) is 13.2 Å². The first-order valence-electron chi connectivity index (χ1n) is 3.53. The molecule has 0 amide bonds. The van der Waals surface area contributed by atoms with E-state index in [9.17, 15) is 13.2 Å². The first kappa shape index (κ1) is 9.60. The van der Waals surface area contributed by atoms with Gasteiger partial charge < -0.3 is 4.98 Å². The van der Waals surface area contributed by atoms with Crippen LogP contribution in [0.1, 0.15) is 5.56 Å². The Bertz CT molecular complexity index is 525. The molecule has 74 valence electrons. The zero-order valence-corrected chi connectivity index (χ0v) is 8.19. The van der Waals surface area contributed by atoms with Gasteiger partial charge in [0.25, 0.3) is 0 Å². The summed E-state index contributed by atoms with van der Waals surface area (Å²) in [5, 5.41) is 0. The summed E-state index contributed by atoms with van der Waals surface area (Å²) in [4.78, 5) is 6.33. The van der Waals surface area contributed by atoms with Crippen LogP contribution in [-0.2, 0) is 6.18 Å². The lowest BCUT2D eigenvalue weighted by molar-refractivity contribution is -0.137. The van der Waals surface area contributed by atoms with E-state index < -0.39 is 11.7 Å². The van der Waals surface area contributed by atoms with Crippen LogP contribution in [0.25, 0.3) is 10.3 Å². The standard InChI is InChI=1S/C7H3F3N2S2/c8-7(9,10)3-1-4-5(11-2-3)12-6(13)14-4/h1-2H,(H,11,12,13). The van der Waals surface area contributed by atoms with Gasteiger partial charge in [-0.05, 0) is 18.3 Å². The summed E-state index contributed by atoms with van der Waals surface area (Å²) in [6.45, 7) is 0. The number of aromatic nitrogens is 2. The number of halogens is 3. The Morgan fingerprint density at radius 1 is 1.43 bits per heavy atom. The molecule has 0 unspecified atom stereocenters. The fourth-order valence-electron chi connectivity index (χ4n) is 0.993. The Kier molecular flexibility index (Phi) is 2.07. The van der Waals surface area contributed by atoms with Crippen molar-refractivity contribution in [2.45, 2.75) is 6.18 Å². The van der Waals surface area contributed by atoms with E-state index >= 15 is 0 Å². The molecule has 0 aliphatic rings. The highest BCUT2D eigenvalue weighted by atomic mass is 32.1. The van der Waals surface area contributed by atoms with E-state index in [1.165, 1.54) is 0 Å². The summed E-state index contributed by atoms with van der Waals surface area (Å²) in [5.41, 5.74) is -0.358. The Hall–Kier alpha value is -0.950. The van der Waals surface area contributed by atoms with Gasteiger partial charge in [-0.1, -0.05) is 0 Å². The molecule has 2 heterocycles. The van der Waals surface area contributed by atoms with Crippen molar-refractivity contribution in [1.82, 2.24) is 9.97 Å². The number of nitrogens with zero attached hydrogens (tertiary/aromatic N) is 1. The van der Waals surface area contributed by atoms with Crippen molar-refractivity contribution >= 4 is 33.9 Å². The second-order valence-corrected chi connectivity index (χ2v) is 4.30. The number of alkyl halides is 3. The van der Waals surface area contributed by atoms with Crippen molar-refractivity contribution in [2.24, 2.45) is 0 Å². The van der Waals surface area contributed by atoms with Gasteiger partial charge in [0.15, 0.2) is 3.95 Å². The van der Waals surface area contributed by atoms with Crippen LogP contribution in [0.2, 0.25) is 0 Å². The molecule has 0 aromatic carbocycles. The SMILES string of the molecule is FC(F)(F)c1cnc2[nH]c(=S)sc2c1. The average Bonchev–Trinajstić information content (AvgIpc) is 2.41. The van der Waals surface area contributed by atoms with Crippen molar-refractivity contribution in [1.29, 1.82) is 0 Å². The highest BCUT2D eigenvalue weighted by Gasteiger charge is 2.31. The number of fused-ring (bicyclic) bond motifs is 1. The van der Waals surface area contributed by atoms with Gasteiger partial charge in [0.05, 0.1) is 10.3 Å². The number of pyridine rings is 1. The number of hydrogen-bond donors (Lipinski definition) is 1. The Morgan fingerprint density at radius 3 is 2.79 bits per heavy atom. The molecular formula is C7H3F3N2S2. The molecule has 2 aromatic heterocycles. The van der Waals surface area contributed by atoms with Gasteiger partial charge in [-0.25, -0.2) is 4.98 Å². The van der Waals surface area contributed by atoms with Crippen molar-refractivity contribution in [3.63, 3.8) is 0 Å². The molecule has 0 aliphatic heterocycles. The normalized spacial score (nSPS) is 12.2. The van der Waals surface area contributed by atoms with Crippen LogP contribution in [0.5, 0.6) is 0 Å². The van der Waals surface area contributed by atoms with Gasteiger partial charge in [-0.15, -0.1) is 11.3 Å². The van der Waals surface area contributed by atoms with Crippen LogP contribution in [0, 0.1) is 3.95 Å². The third kappa shape index (κ3) is 1.64. The summed E-state index contributed by atoms with van der Waals surface area (Å²) in [7, 11) is 0. The Morgan fingerprint density at radius 2 is 2.14 bits per heavy atom. The van der Waals surface area contributed by atoms with Crippen LogP contribution >= 0.6 is 23.6 Å². The fourth-order valence-corrected chi connectivity index (χ4v) is 2.09. The molecule has 2 nitrogen and oxygen atoms in total. The monoisotopic (exact) mass is 236 g/mol. The summed E-state index contributed by atoms with van der Waals surface area (Å²) < 4.78 is 37.6. The highest BCUT2D eigenvalue weighted by molar-refractivity contribution is 7.73. The van der Waals surface area contributed by atoms with Gasteiger partial charge in [-0.2, -0.15) is 13.2 Å². The van der Waals surface area contributed by atoms with E-state index in [2.05, 4.69) is 9.97 Å². The average molecular weight is 236 g/mol. The quantitative estimate of drug-likeness (QED) is 0.710. The predicted octanol–water partition coefficient (Wildman–Crippen LogP) is 3.37. The van der Waals surface area contributed by atoms with E-state index in [-0.39, 0.29) is 0 Å². The smallest absolute Gasteiger partial charge is 0.322 e. The molecule has 2 aromatic rings. The molecular weight excluding hydrogens is 233 g/mol. The van der Waals surface area contributed by atoms with E-state index in [4.69, 9.17) is 12.2 Å². The number of aromatic amines is 1. The van der Waals surface area contributed by atoms with Gasteiger partial charge in [0, 0.05) is 6.20 Å². The molecule has 0 saturated heterocycles. The van der Waals surface area contributed by atoms with Crippen LogP contribution in [0.15, 0.2) is 12.3 Å². The molecule has 0 radical (unpaired) electrons. The van der Waals surface area contributed by atoms with E-state index in [1.54, 1.807) is 0 Å².